The maximum absolute atomic E-state index is 13.1. The summed E-state index contributed by atoms with van der Waals surface area (Å²) in [6, 6.07) is 11.3. The topological polar surface area (TPSA) is 69.4 Å². The molecule has 0 amide bonds. The molecule has 1 aromatic carbocycles. The highest BCUT2D eigenvalue weighted by molar-refractivity contribution is 6.07. The molecule has 5 heteroatoms. The molecule has 0 N–H and O–H groups in total. The van der Waals surface area contributed by atoms with E-state index in [2.05, 4.69) is 0 Å². The number of Topliss-reactive ketones (excluding diaryl/α,β-unsaturated/α-hetero) is 1. The molecule has 0 atom stereocenters. The van der Waals surface area contributed by atoms with Crippen LogP contribution in [0.15, 0.2) is 47.1 Å². The minimum atomic E-state index is -0.557. The van der Waals surface area contributed by atoms with E-state index in [0.717, 1.165) is 52.8 Å². The van der Waals surface area contributed by atoms with Gasteiger partial charge in [-0.3, -0.25) is 4.79 Å². The maximum atomic E-state index is 13.1. The van der Waals surface area contributed by atoms with E-state index < -0.39 is 11.4 Å². The Hall–Kier alpha value is -3.21. The third-order valence-corrected chi connectivity index (χ3v) is 5.40. The van der Waals surface area contributed by atoms with E-state index in [1.165, 1.54) is 0 Å². The number of carbonyl (C=O) groups is 2. The van der Waals surface area contributed by atoms with Crippen LogP contribution in [-0.2, 0) is 16.0 Å². The van der Waals surface area contributed by atoms with Gasteiger partial charge in [-0.2, -0.15) is 0 Å². The summed E-state index contributed by atoms with van der Waals surface area (Å²) in [7, 11) is 0. The van der Waals surface area contributed by atoms with E-state index in [1.54, 1.807) is 6.26 Å². The van der Waals surface area contributed by atoms with E-state index in [9.17, 15) is 9.59 Å². The highest BCUT2D eigenvalue weighted by atomic mass is 16.5. The molecule has 0 bridgehead atoms. The molecule has 0 aliphatic heterocycles. The number of para-hydroxylation sites is 1. The van der Waals surface area contributed by atoms with Crippen molar-refractivity contribution in [3.05, 3.63) is 65.2 Å². The third-order valence-electron chi connectivity index (χ3n) is 5.40. The van der Waals surface area contributed by atoms with Crippen molar-refractivity contribution in [3.63, 3.8) is 0 Å². The lowest BCUT2D eigenvalue weighted by atomic mass is 9.86. The molecule has 5 nitrogen and oxygen atoms in total. The van der Waals surface area contributed by atoms with Crippen molar-refractivity contribution in [2.45, 2.75) is 40.0 Å². The molecule has 3 aromatic rings. The molecular formula is C25H25NO4. The van der Waals surface area contributed by atoms with Gasteiger partial charge in [0.25, 0.3) is 0 Å². The number of nitrogens with zero attached hydrogens (tertiary/aromatic N) is 1. The maximum Gasteiger partial charge on any atom is 0.339 e. The highest BCUT2D eigenvalue weighted by Crippen LogP contribution is 2.36. The van der Waals surface area contributed by atoms with Gasteiger partial charge in [0.2, 0.25) is 0 Å². The number of fused-ring (bicyclic) bond motifs is 2. The fourth-order valence-corrected chi connectivity index (χ4v) is 3.67. The fourth-order valence-electron chi connectivity index (χ4n) is 3.67. The second-order valence-corrected chi connectivity index (χ2v) is 8.62. The van der Waals surface area contributed by atoms with Crippen molar-refractivity contribution in [1.82, 2.24) is 4.98 Å². The van der Waals surface area contributed by atoms with Crippen LogP contribution in [-0.4, -0.2) is 23.3 Å². The van der Waals surface area contributed by atoms with Gasteiger partial charge in [-0.1, -0.05) is 39.0 Å². The summed E-state index contributed by atoms with van der Waals surface area (Å²) in [5.74, 6) is 0.177. The number of aromatic nitrogens is 1. The summed E-state index contributed by atoms with van der Waals surface area (Å²) in [6.07, 6.45) is 6.12. The fraction of sp³-hybridized carbons (Fsp3) is 0.320. The first kappa shape index (κ1) is 20.1. The van der Waals surface area contributed by atoms with Crippen LogP contribution < -0.4 is 0 Å². The molecule has 0 saturated carbocycles. The third kappa shape index (κ3) is 3.92. The lowest BCUT2D eigenvalue weighted by Gasteiger charge is -2.22. The Labute approximate surface area is 175 Å². The van der Waals surface area contributed by atoms with E-state index in [-0.39, 0.29) is 12.4 Å². The van der Waals surface area contributed by atoms with Crippen LogP contribution in [0, 0.1) is 5.41 Å². The molecule has 2 heterocycles. The number of esters is 1. The van der Waals surface area contributed by atoms with Crippen LogP contribution in [0.2, 0.25) is 0 Å². The SMILES string of the molecule is CC(C)(C)C(=O)COC(=O)c1c2c(nc3ccccc13)/C(=C/c1ccco1)CCC2. The summed E-state index contributed by atoms with van der Waals surface area (Å²) in [5, 5.41) is 0.753. The van der Waals surface area contributed by atoms with Crippen LogP contribution in [0.5, 0.6) is 0 Å². The largest absolute Gasteiger partial charge is 0.465 e. The zero-order valence-electron chi connectivity index (χ0n) is 17.5. The van der Waals surface area contributed by atoms with Crippen molar-refractivity contribution in [3.8, 4) is 0 Å². The Morgan fingerprint density at radius 1 is 1.13 bits per heavy atom. The molecule has 0 unspecified atom stereocenters. The number of pyridine rings is 1. The van der Waals surface area contributed by atoms with Crippen LogP contribution >= 0.6 is 0 Å². The Morgan fingerprint density at radius 2 is 1.93 bits per heavy atom. The summed E-state index contributed by atoms with van der Waals surface area (Å²) >= 11 is 0. The summed E-state index contributed by atoms with van der Waals surface area (Å²) in [5.41, 5.74) is 3.42. The zero-order valence-corrected chi connectivity index (χ0v) is 17.5. The molecule has 0 fully saturated rings. The quantitative estimate of drug-likeness (QED) is 0.540. The number of carbonyl (C=O) groups excluding carboxylic acids is 2. The Bertz CT molecular complexity index is 1130. The van der Waals surface area contributed by atoms with E-state index in [4.69, 9.17) is 14.1 Å². The van der Waals surface area contributed by atoms with Gasteiger partial charge in [0.1, 0.15) is 5.76 Å². The molecule has 1 aliphatic rings. The Balaban J connectivity index is 1.79. The first-order chi connectivity index (χ1) is 14.3. The predicted octanol–water partition coefficient (Wildman–Crippen LogP) is 5.48. The standard InChI is InChI=1S/C25H25NO4/c1-25(2,3)21(27)15-30-24(28)22-18-10-4-5-12-20(18)26-23-16(8-6-11-19(22)23)14-17-9-7-13-29-17/h4-5,7,9-10,12-14H,6,8,11,15H2,1-3H3/b16-14+. The Morgan fingerprint density at radius 3 is 2.67 bits per heavy atom. The molecule has 4 rings (SSSR count). The van der Waals surface area contributed by atoms with Crippen LogP contribution in [0.25, 0.3) is 22.6 Å². The zero-order chi connectivity index (χ0) is 21.3. The average molecular weight is 403 g/mol. The van der Waals surface area contributed by atoms with Crippen molar-refractivity contribution in [2.75, 3.05) is 6.61 Å². The molecule has 154 valence electrons. The van der Waals surface area contributed by atoms with E-state index in [1.807, 2.05) is 63.2 Å². The lowest BCUT2D eigenvalue weighted by molar-refractivity contribution is -0.129. The van der Waals surface area contributed by atoms with Gasteiger partial charge in [-0.15, -0.1) is 0 Å². The van der Waals surface area contributed by atoms with Gasteiger partial charge in [-0.05, 0) is 54.7 Å². The monoisotopic (exact) mass is 403 g/mol. The Kier molecular flexibility index (Phi) is 5.29. The van der Waals surface area contributed by atoms with Crippen LogP contribution in [0.4, 0.5) is 0 Å². The molecule has 1 aliphatic carbocycles. The number of hydrogen-bond acceptors (Lipinski definition) is 5. The van der Waals surface area contributed by atoms with Crippen LogP contribution in [0.3, 0.4) is 0 Å². The normalized spacial score (nSPS) is 15.2. The number of allylic oxidation sites excluding steroid dienone is 1. The molecule has 2 aromatic heterocycles. The van der Waals surface area contributed by atoms with Gasteiger partial charge in [0, 0.05) is 10.8 Å². The summed E-state index contributed by atoms with van der Waals surface area (Å²) in [6.45, 7) is 5.22. The molecule has 0 saturated heterocycles. The van der Waals surface area contributed by atoms with Gasteiger partial charge in [0.05, 0.1) is 23.0 Å². The van der Waals surface area contributed by atoms with Crippen molar-refractivity contribution in [1.29, 1.82) is 0 Å². The van der Waals surface area contributed by atoms with Gasteiger partial charge >= 0.3 is 5.97 Å². The van der Waals surface area contributed by atoms with Gasteiger partial charge in [0.15, 0.2) is 12.4 Å². The minimum Gasteiger partial charge on any atom is -0.465 e. The number of ether oxygens (including phenoxy) is 1. The summed E-state index contributed by atoms with van der Waals surface area (Å²) < 4.78 is 11.0. The number of furan rings is 1. The van der Waals surface area contributed by atoms with Crippen molar-refractivity contribution >= 4 is 34.3 Å². The molecule has 30 heavy (non-hydrogen) atoms. The number of benzene rings is 1. The molecule has 0 radical (unpaired) electrons. The first-order valence-electron chi connectivity index (χ1n) is 10.2. The number of rotatable bonds is 4. The lowest BCUT2D eigenvalue weighted by Crippen LogP contribution is -2.27. The van der Waals surface area contributed by atoms with Crippen LogP contribution in [0.1, 0.15) is 61.0 Å². The van der Waals surface area contributed by atoms with Gasteiger partial charge < -0.3 is 9.15 Å². The molecule has 0 spiro atoms. The average Bonchev–Trinajstić information content (AvgIpc) is 3.23. The second kappa shape index (κ2) is 7.90. The predicted molar refractivity (Wildman–Crippen MR) is 116 cm³/mol. The molecular weight excluding hydrogens is 378 g/mol. The highest BCUT2D eigenvalue weighted by Gasteiger charge is 2.28. The van der Waals surface area contributed by atoms with Gasteiger partial charge in [-0.25, -0.2) is 9.78 Å². The number of ketones is 1. The summed E-state index contributed by atoms with van der Waals surface area (Å²) in [4.78, 5) is 30.3. The minimum absolute atomic E-state index is 0.110. The van der Waals surface area contributed by atoms with E-state index in [0.29, 0.717) is 5.56 Å². The van der Waals surface area contributed by atoms with Crippen molar-refractivity contribution < 1.29 is 18.7 Å². The number of hydrogen-bond donors (Lipinski definition) is 0. The van der Waals surface area contributed by atoms with Crippen molar-refractivity contribution in [2.24, 2.45) is 5.41 Å². The van der Waals surface area contributed by atoms with E-state index >= 15 is 0 Å². The smallest absolute Gasteiger partial charge is 0.339 e. The first-order valence-corrected chi connectivity index (χ1v) is 10.2. The second-order valence-electron chi connectivity index (χ2n) is 8.62.